The van der Waals surface area contributed by atoms with Gasteiger partial charge in [-0.25, -0.2) is 4.99 Å². The van der Waals surface area contributed by atoms with Crippen LogP contribution in [0.25, 0.3) is 5.70 Å². The van der Waals surface area contributed by atoms with E-state index in [0.717, 1.165) is 41.4 Å². The highest BCUT2D eigenvalue weighted by Gasteiger charge is 2.22. The normalized spacial score (nSPS) is 15.7. The number of allylic oxidation sites excluding steroid dienone is 1. The first-order chi connectivity index (χ1) is 16.9. The molecule has 0 aliphatic carbocycles. The van der Waals surface area contributed by atoms with Crippen LogP contribution in [0.5, 0.6) is 11.5 Å². The van der Waals surface area contributed by atoms with Crippen molar-refractivity contribution in [2.75, 3.05) is 39.7 Å². The van der Waals surface area contributed by atoms with Crippen LogP contribution >= 0.6 is 0 Å². The number of nitrogens with zero attached hydrogens (tertiary/aromatic N) is 2. The molecule has 192 valence electrons. The van der Waals surface area contributed by atoms with Gasteiger partial charge in [0, 0.05) is 39.3 Å². The van der Waals surface area contributed by atoms with Crippen LogP contribution in [-0.4, -0.2) is 57.2 Å². The molecule has 2 aromatic carbocycles. The Balaban J connectivity index is 0.00000211. The highest BCUT2D eigenvalue weighted by molar-refractivity contribution is 5.99. The summed E-state index contributed by atoms with van der Waals surface area (Å²) in [5, 5.41) is 3.31. The molecular formula is C28H41N3O4. The summed E-state index contributed by atoms with van der Waals surface area (Å²) in [6.07, 6.45) is 3.63. The van der Waals surface area contributed by atoms with Gasteiger partial charge in [-0.15, -0.1) is 0 Å². The molecule has 35 heavy (non-hydrogen) atoms. The van der Waals surface area contributed by atoms with Crippen molar-refractivity contribution in [3.05, 3.63) is 59.7 Å². The fourth-order valence-electron chi connectivity index (χ4n) is 3.53. The quantitative estimate of drug-likeness (QED) is 0.362. The number of benzene rings is 2. The number of nitrogens with one attached hydrogen (secondary N) is 1. The Kier molecular flexibility index (Phi) is 11.3. The molecule has 0 spiro atoms. The van der Waals surface area contributed by atoms with Gasteiger partial charge in [-0.1, -0.05) is 32.9 Å². The second-order valence-electron chi connectivity index (χ2n) is 8.07. The number of amides is 1. The van der Waals surface area contributed by atoms with Crippen molar-refractivity contribution in [3.8, 4) is 11.5 Å². The van der Waals surface area contributed by atoms with Gasteiger partial charge in [0.25, 0.3) is 5.91 Å². The van der Waals surface area contributed by atoms with E-state index in [9.17, 15) is 4.79 Å². The lowest BCUT2D eigenvalue weighted by Gasteiger charge is -2.19. The number of carbonyl (C=O) groups excluding carboxylic acids is 1. The second kappa shape index (κ2) is 14.2. The van der Waals surface area contributed by atoms with Gasteiger partial charge in [0.05, 0.1) is 31.6 Å². The van der Waals surface area contributed by atoms with Crippen molar-refractivity contribution in [2.45, 2.75) is 46.6 Å². The van der Waals surface area contributed by atoms with Crippen molar-refractivity contribution in [1.82, 2.24) is 4.90 Å². The summed E-state index contributed by atoms with van der Waals surface area (Å²) in [7, 11) is 5.11. The summed E-state index contributed by atoms with van der Waals surface area (Å²) in [4.78, 5) is 19.3. The molecule has 3 rings (SSSR count). The van der Waals surface area contributed by atoms with Crippen LogP contribution in [0.3, 0.4) is 0 Å². The van der Waals surface area contributed by atoms with Gasteiger partial charge in [0.1, 0.15) is 23.4 Å². The van der Waals surface area contributed by atoms with Crippen LogP contribution in [0.15, 0.2) is 53.5 Å². The Morgan fingerprint density at radius 3 is 2.66 bits per heavy atom. The number of carbonyl (C=O) groups is 1. The van der Waals surface area contributed by atoms with Gasteiger partial charge in [-0.2, -0.15) is 0 Å². The molecule has 1 aliphatic heterocycles. The Morgan fingerprint density at radius 1 is 1.26 bits per heavy atom. The molecule has 0 bridgehead atoms. The van der Waals surface area contributed by atoms with E-state index in [1.54, 1.807) is 26.1 Å². The van der Waals surface area contributed by atoms with Gasteiger partial charge >= 0.3 is 0 Å². The van der Waals surface area contributed by atoms with E-state index in [1.807, 2.05) is 69.3 Å². The standard InChI is InChI=1S/C26H33N3O4.C2H6.H2/c1-6-8-24(28-18(2)27-20-9-7-10-21(16-20)31-5)19-11-12-25(33-22-13-14-32-17-22)23(15-19)26(30)29(3)4;1-2;/h7-12,15-16,22H,6,13-14,17H2,1-5H3,(H,27,28);1-2H3;1H/b24-8-;;/t22-;;/m0../s1. The number of amidine groups is 1. The molecule has 0 unspecified atom stereocenters. The van der Waals surface area contributed by atoms with Crippen molar-refractivity contribution < 1.29 is 20.4 Å². The number of ether oxygens (including phenoxy) is 3. The lowest BCUT2D eigenvalue weighted by Crippen LogP contribution is -2.24. The lowest BCUT2D eigenvalue weighted by molar-refractivity contribution is 0.0817. The SMILES string of the molecule is CC.CC/C=C(\N=C(C)Nc1cccc(OC)c1)c1ccc(O[C@H]2CCOC2)c(C(=O)N(C)C)c1.[HH]. The maximum absolute atomic E-state index is 12.9. The largest absolute Gasteiger partial charge is 0.497 e. The molecule has 7 heteroatoms. The van der Waals surface area contributed by atoms with Gasteiger partial charge in [0.2, 0.25) is 0 Å². The third kappa shape index (κ3) is 8.14. The minimum absolute atomic E-state index is 0. The first-order valence-corrected chi connectivity index (χ1v) is 12.2. The van der Waals surface area contributed by atoms with Crippen molar-refractivity contribution in [3.63, 3.8) is 0 Å². The molecule has 7 nitrogen and oxygen atoms in total. The highest BCUT2D eigenvalue weighted by Crippen LogP contribution is 2.28. The molecule has 0 saturated carbocycles. The zero-order valence-electron chi connectivity index (χ0n) is 22.1. The summed E-state index contributed by atoms with van der Waals surface area (Å²) >= 11 is 0. The van der Waals surface area contributed by atoms with E-state index in [4.69, 9.17) is 19.2 Å². The first-order valence-electron chi connectivity index (χ1n) is 12.2. The van der Waals surface area contributed by atoms with Crippen LogP contribution in [-0.2, 0) is 4.74 Å². The van der Waals surface area contributed by atoms with Crippen molar-refractivity contribution in [1.29, 1.82) is 0 Å². The number of anilines is 1. The summed E-state index contributed by atoms with van der Waals surface area (Å²) in [5.41, 5.74) is 3.04. The van der Waals surface area contributed by atoms with E-state index in [2.05, 4.69) is 12.2 Å². The maximum atomic E-state index is 12.9. The molecule has 2 aromatic rings. The second-order valence-corrected chi connectivity index (χ2v) is 8.07. The Morgan fingerprint density at radius 2 is 2.03 bits per heavy atom. The molecule has 1 heterocycles. The van der Waals surface area contributed by atoms with Crippen molar-refractivity contribution in [2.24, 2.45) is 4.99 Å². The molecule has 1 aliphatic rings. The summed E-state index contributed by atoms with van der Waals surface area (Å²) < 4.78 is 16.8. The third-order valence-electron chi connectivity index (χ3n) is 5.17. The molecule has 1 fully saturated rings. The third-order valence-corrected chi connectivity index (χ3v) is 5.17. The number of methoxy groups -OCH3 is 1. The average Bonchev–Trinajstić information content (AvgIpc) is 3.38. The van der Waals surface area contributed by atoms with Crippen LogP contribution in [0, 0.1) is 0 Å². The molecule has 0 aromatic heterocycles. The first kappa shape index (κ1) is 27.9. The maximum Gasteiger partial charge on any atom is 0.257 e. The molecule has 1 amide bonds. The number of hydrogen-bond donors (Lipinski definition) is 1. The summed E-state index contributed by atoms with van der Waals surface area (Å²) in [6.45, 7) is 9.19. The Labute approximate surface area is 211 Å². The van der Waals surface area contributed by atoms with Crippen molar-refractivity contribution >= 4 is 23.1 Å². The van der Waals surface area contributed by atoms with Crippen LogP contribution in [0.1, 0.15) is 57.9 Å². The van der Waals surface area contributed by atoms with Crippen LogP contribution in [0.4, 0.5) is 5.69 Å². The molecule has 1 atom stereocenters. The van der Waals surface area contributed by atoms with Crippen LogP contribution < -0.4 is 14.8 Å². The monoisotopic (exact) mass is 483 g/mol. The lowest BCUT2D eigenvalue weighted by atomic mass is 10.0. The highest BCUT2D eigenvalue weighted by atomic mass is 16.5. The topological polar surface area (TPSA) is 72.4 Å². The van der Waals surface area contributed by atoms with Gasteiger partial charge in [-0.3, -0.25) is 4.79 Å². The minimum Gasteiger partial charge on any atom is -0.497 e. The predicted octanol–water partition coefficient (Wildman–Crippen LogP) is 6.12. The fourth-order valence-corrected chi connectivity index (χ4v) is 3.53. The predicted molar refractivity (Wildman–Crippen MR) is 146 cm³/mol. The minimum atomic E-state index is -0.114. The number of aliphatic imine (C=N–C) groups is 1. The molecular weight excluding hydrogens is 442 g/mol. The van der Waals surface area contributed by atoms with Gasteiger partial charge < -0.3 is 24.4 Å². The molecule has 1 saturated heterocycles. The van der Waals surface area contributed by atoms with Gasteiger partial charge in [0.15, 0.2) is 0 Å². The van der Waals surface area contributed by atoms with E-state index < -0.39 is 0 Å². The number of rotatable bonds is 8. The summed E-state index contributed by atoms with van der Waals surface area (Å²) in [5.74, 6) is 1.95. The zero-order chi connectivity index (χ0) is 25.8. The summed E-state index contributed by atoms with van der Waals surface area (Å²) in [6, 6.07) is 13.3. The van der Waals surface area contributed by atoms with Crippen LogP contribution in [0.2, 0.25) is 0 Å². The molecule has 1 N–H and O–H groups in total. The van der Waals surface area contributed by atoms with E-state index >= 15 is 0 Å². The number of hydrogen-bond acceptors (Lipinski definition) is 5. The fraction of sp³-hybridized carbons (Fsp3) is 0.429. The Hall–Kier alpha value is -3.32. The van der Waals surface area contributed by atoms with E-state index in [-0.39, 0.29) is 13.4 Å². The van der Waals surface area contributed by atoms with E-state index in [0.29, 0.717) is 24.5 Å². The smallest absolute Gasteiger partial charge is 0.257 e. The average molecular weight is 484 g/mol. The molecule has 0 radical (unpaired) electrons. The Bertz CT molecular complexity index is 1030. The van der Waals surface area contributed by atoms with E-state index in [1.165, 1.54) is 0 Å². The zero-order valence-corrected chi connectivity index (χ0v) is 22.1. The van der Waals surface area contributed by atoms with Gasteiger partial charge in [-0.05, 0) is 43.7 Å².